The van der Waals surface area contributed by atoms with Gasteiger partial charge >= 0.3 is 6.18 Å². The summed E-state index contributed by atoms with van der Waals surface area (Å²) in [7, 11) is 0. The summed E-state index contributed by atoms with van der Waals surface area (Å²) in [5, 5.41) is 10.5. The lowest BCUT2D eigenvalue weighted by Gasteiger charge is -2.06. The molecule has 5 heteroatoms. The van der Waals surface area contributed by atoms with Crippen LogP contribution in [-0.4, -0.2) is 0 Å². The Balaban J connectivity index is 3.23. The van der Waals surface area contributed by atoms with Crippen LogP contribution in [-0.2, 0) is 11.3 Å². The van der Waals surface area contributed by atoms with Crippen LogP contribution in [0.3, 0.4) is 0 Å². The molecule has 0 aliphatic heterocycles. The average molecular weight is 196 g/mol. The number of hydrogen-bond donors (Lipinski definition) is 0. The highest BCUT2D eigenvalue weighted by Gasteiger charge is 2.34. The van der Waals surface area contributed by atoms with Crippen LogP contribution in [0.15, 0.2) is 18.2 Å². The van der Waals surface area contributed by atoms with Crippen molar-refractivity contribution < 1.29 is 18.3 Å². The third kappa shape index (κ3) is 1.82. The van der Waals surface area contributed by atoms with E-state index in [1.54, 1.807) is 0 Å². The van der Waals surface area contributed by atoms with Crippen LogP contribution in [0.2, 0.25) is 5.02 Å². The highest BCUT2D eigenvalue weighted by molar-refractivity contribution is 6.30. The summed E-state index contributed by atoms with van der Waals surface area (Å²) in [6.07, 6.45) is -4.62. The molecule has 0 heterocycles. The van der Waals surface area contributed by atoms with Crippen LogP contribution in [0.5, 0.6) is 5.75 Å². The number of rotatable bonds is 0. The highest BCUT2D eigenvalue weighted by Crippen LogP contribution is 2.37. The molecule has 1 aromatic carbocycles. The van der Waals surface area contributed by atoms with Crippen LogP contribution >= 0.6 is 11.6 Å². The van der Waals surface area contributed by atoms with Crippen molar-refractivity contribution in [2.45, 2.75) is 6.18 Å². The first-order valence-corrected chi connectivity index (χ1v) is 3.33. The topological polar surface area (TPSA) is 19.9 Å². The van der Waals surface area contributed by atoms with E-state index in [0.29, 0.717) is 6.07 Å². The van der Waals surface area contributed by atoms with Gasteiger partial charge in [0.25, 0.3) is 0 Å². The lowest BCUT2D eigenvalue weighted by molar-refractivity contribution is -0.139. The fraction of sp³-hybridized carbons (Fsp3) is 0.143. The van der Waals surface area contributed by atoms with E-state index >= 15 is 0 Å². The van der Waals surface area contributed by atoms with Gasteiger partial charge in [-0.25, -0.2) is 0 Å². The van der Waals surface area contributed by atoms with Gasteiger partial charge in [-0.05, 0) is 18.2 Å². The Morgan fingerprint density at radius 2 is 1.83 bits per heavy atom. The van der Waals surface area contributed by atoms with Gasteiger partial charge in [-0.3, -0.25) is 5.11 Å². The molecule has 0 amide bonds. The maximum absolute atomic E-state index is 12.0. The summed E-state index contributed by atoms with van der Waals surface area (Å²) in [4.78, 5) is 0. The third-order valence-corrected chi connectivity index (χ3v) is 1.48. The molecule has 0 saturated carbocycles. The molecule has 0 unspecified atom stereocenters. The maximum atomic E-state index is 12.0. The molecule has 1 nitrogen and oxygen atoms in total. The number of halogens is 4. The molecule has 65 valence electrons. The minimum Gasteiger partial charge on any atom is -0.289 e. The Labute approximate surface area is 71.4 Å². The van der Waals surface area contributed by atoms with Crippen LogP contribution < -0.4 is 0 Å². The molecule has 0 atom stereocenters. The predicted octanol–water partition coefficient (Wildman–Crippen LogP) is 3.50. The summed E-state index contributed by atoms with van der Waals surface area (Å²) in [5.41, 5.74) is -1.23. The molecular formula is C7H3ClF3O. The minimum absolute atomic E-state index is 0.0954. The van der Waals surface area contributed by atoms with Crippen LogP contribution in [0.1, 0.15) is 5.56 Å². The van der Waals surface area contributed by atoms with Crippen LogP contribution in [0.4, 0.5) is 13.2 Å². The Bertz CT molecular complexity index is 295. The van der Waals surface area contributed by atoms with Crippen molar-refractivity contribution in [2.24, 2.45) is 0 Å². The molecule has 0 fully saturated rings. The third-order valence-electron chi connectivity index (χ3n) is 1.25. The fourth-order valence-electron chi connectivity index (χ4n) is 0.724. The summed E-state index contributed by atoms with van der Waals surface area (Å²) in [6.45, 7) is 0. The van der Waals surface area contributed by atoms with Gasteiger partial charge in [0.1, 0.15) is 5.56 Å². The van der Waals surface area contributed by atoms with Gasteiger partial charge in [0.2, 0.25) is 0 Å². The van der Waals surface area contributed by atoms with Gasteiger partial charge in [0, 0.05) is 5.02 Å². The average Bonchev–Trinajstić information content (AvgIpc) is 1.92. The monoisotopic (exact) mass is 195 g/mol. The van der Waals surface area contributed by atoms with Crippen molar-refractivity contribution in [1.82, 2.24) is 0 Å². The number of alkyl halides is 3. The zero-order valence-electron chi connectivity index (χ0n) is 5.65. The molecule has 0 N–H and O–H groups in total. The smallest absolute Gasteiger partial charge is 0.289 e. The van der Waals surface area contributed by atoms with E-state index in [1.165, 1.54) is 0 Å². The van der Waals surface area contributed by atoms with E-state index in [2.05, 4.69) is 0 Å². The van der Waals surface area contributed by atoms with Crippen LogP contribution in [0, 0.1) is 0 Å². The molecule has 1 radical (unpaired) electrons. The number of hydrogen-bond acceptors (Lipinski definition) is 0. The predicted molar refractivity (Wildman–Crippen MR) is 36.6 cm³/mol. The minimum atomic E-state index is -4.62. The first kappa shape index (κ1) is 9.19. The van der Waals surface area contributed by atoms with E-state index < -0.39 is 17.5 Å². The zero-order chi connectivity index (χ0) is 9.35. The van der Waals surface area contributed by atoms with Gasteiger partial charge in [-0.1, -0.05) is 11.6 Å². The first-order chi connectivity index (χ1) is 5.41. The van der Waals surface area contributed by atoms with Gasteiger partial charge in [-0.2, -0.15) is 13.2 Å². The normalized spacial score (nSPS) is 11.7. The Hall–Kier alpha value is -0.900. The van der Waals surface area contributed by atoms with Gasteiger partial charge in [-0.15, -0.1) is 0 Å². The molecule has 1 aromatic rings. The van der Waals surface area contributed by atoms with Gasteiger partial charge in [0.15, 0.2) is 5.75 Å². The lowest BCUT2D eigenvalue weighted by atomic mass is 10.2. The Morgan fingerprint density at radius 1 is 1.25 bits per heavy atom. The molecule has 0 spiro atoms. The zero-order valence-corrected chi connectivity index (χ0v) is 6.41. The van der Waals surface area contributed by atoms with Crippen molar-refractivity contribution in [3.63, 3.8) is 0 Å². The van der Waals surface area contributed by atoms with E-state index in [1.807, 2.05) is 0 Å². The molecule has 0 aromatic heterocycles. The van der Waals surface area contributed by atoms with Crippen molar-refractivity contribution in [3.05, 3.63) is 28.8 Å². The van der Waals surface area contributed by atoms with E-state index in [0.717, 1.165) is 12.1 Å². The van der Waals surface area contributed by atoms with E-state index in [9.17, 15) is 18.3 Å². The fourth-order valence-corrected chi connectivity index (χ4v) is 0.896. The van der Waals surface area contributed by atoms with Crippen molar-refractivity contribution in [3.8, 4) is 5.75 Å². The Kier molecular flexibility index (Phi) is 2.19. The molecule has 12 heavy (non-hydrogen) atoms. The second-order valence-electron chi connectivity index (χ2n) is 2.14. The molecule has 0 bridgehead atoms. The highest BCUT2D eigenvalue weighted by atomic mass is 35.5. The lowest BCUT2D eigenvalue weighted by Crippen LogP contribution is -2.04. The van der Waals surface area contributed by atoms with Crippen molar-refractivity contribution >= 4 is 11.6 Å². The summed E-state index contributed by atoms with van der Waals surface area (Å²) in [5.74, 6) is -1.06. The van der Waals surface area contributed by atoms with E-state index in [4.69, 9.17) is 11.6 Å². The summed E-state index contributed by atoms with van der Waals surface area (Å²) in [6, 6.07) is 2.54. The van der Waals surface area contributed by atoms with Gasteiger partial charge < -0.3 is 0 Å². The second-order valence-corrected chi connectivity index (χ2v) is 2.57. The Morgan fingerprint density at radius 3 is 2.25 bits per heavy atom. The molecule has 1 rings (SSSR count). The SMILES string of the molecule is [O]c1ccc(Cl)cc1C(F)(F)F. The molecule has 0 aliphatic rings. The summed E-state index contributed by atoms with van der Waals surface area (Å²) >= 11 is 5.28. The second kappa shape index (κ2) is 2.86. The molecule has 0 saturated heterocycles. The van der Waals surface area contributed by atoms with Crippen molar-refractivity contribution in [1.29, 1.82) is 0 Å². The van der Waals surface area contributed by atoms with Gasteiger partial charge in [0.05, 0.1) is 0 Å². The number of benzene rings is 1. The van der Waals surface area contributed by atoms with Crippen LogP contribution in [0.25, 0.3) is 0 Å². The maximum Gasteiger partial charge on any atom is 0.420 e. The van der Waals surface area contributed by atoms with Crippen molar-refractivity contribution in [2.75, 3.05) is 0 Å². The van der Waals surface area contributed by atoms with E-state index in [-0.39, 0.29) is 5.02 Å². The summed E-state index contributed by atoms with van der Waals surface area (Å²) < 4.78 is 35.9. The largest absolute Gasteiger partial charge is 0.420 e. The standard InChI is InChI=1S/C7H3ClF3O/c8-4-1-2-6(12)5(3-4)7(9,10)11/h1-3H. The molecular weight excluding hydrogens is 193 g/mol. The first-order valence-electron chi connectivity index (χ1n) is 2.95. The quantitative estimate of drug-likeness (QED) is 0.604. The molecule has 0 aliphatic carbocycles.